The molecule has 1 aromatic heterocycles. The Labute approximate surface area is 150 Å². The van der Waals surface area contributed by atoms with Crippen LogP contribution in [0.5, 0.6) is 0 Å². The van der Waals surface area contributed by atoms with E-state index in [9.17, 15) is 4.79 Å². The van der Waals surface area contributed by atoms with Crippen LogP contribution in [0.3, 0.4) is 0 Å². The SMILES string of the molecule is CC[C@@H](c1ccccc1)[C@@H]1CCCN1C(=O)Cc1c(C)nn(C)c1C. The minimum absolute atomic E-state index is 0.246. The summed E-state index contributed by atoms with van der Waals surface area (Å²) in [7, 11) is 1.94. The van der Waals surface area contributed by atoms with Gasteiger partial charge in [-0.05, 0) is 38.7 Å². The Hall–Kier alpha value is -2.10. The third kappa shape index (κ3) is 3.48. The van der Waals surface area contributed by atoms with Crippen molar-refractivity contribution in [1.82, 2.24) is 14.7 Å². The van der Waals surface area contributed by atoms with Crippen molar-refractivity contribution in [2.24, 2.45) is 7.05 Å². The van der Waals surface area contributed by atoms with Gasteiger partial charge in [0.1, 0.15) is 0 Å². The van der Waals surface area contributed by atoms with Crippen molar-refractivity contribution >= 4 is 5.91 Å². The normalized spacial score (nSPS) is 18.6. The van der Waals surface area contributed by atoms with Crippen LogP contribution in [0.4, 0.5) is 0 Å². The third-order valence-electron chi connectivity index (χ3n) is 5.74. The summed E-state index contributed by atoms with van der Waals surface area (Å²) in [6.07, 6.45) is 3.73. The molecule has 25 heavy (non-hydrogen) atoms. The Balaban J connectivity index is 1.79. The average Bonchev–Trinajstić information content (AvgIpc) is 3.17. The lowest BCUT2D eigenvalue weighted by atomic mass is 9.87. The highest BCUT2D eigenvalue weighted by Gasteiger charge is 2.34. The zero-order chi connectivity index (χ0) is 18.0. The van der Waals surface area contributed by atoms with Crippen LogP contribution >= 0.6 is 0 Å². The molecule has 1 aliphatic rings. The van der Waals surface area contributed by atoms with Crippen LogP contribution in [0.1, 0.15) is 54.6 Å². The molecule has 0 unspecified atom stereocenters. The van der Waals surface area contributed by atoms with E-state index in [4.69, 9.17) is 0 Å². The second-order valence-corrected chi connectivity index (χ2v) is 7.17. The number of hydrogen-bond acceptors (Lipinski definition) is 2. The summed E-state index contributed by atoms with van der Waals surface area (Å²) in [4.78, 5) is 15.2. The standard InChI is InChI=1S/C21H29N3O/c1-5-18(17-10-7-6-8-11-17)20-12-9-13-24(20)21(25)14-19-15(2)22-23(4)16(19)3/h6-8,10-11,18,20H,5,9,12-14H2,1-4H3/t18-,20-/m0/s1. The second-order valence-electron chi connectivity index (χ2n) is 7.17. The van der Waals surface area contributed by atoms with E-state index in [-0.39, 0.29) is 5.91 Å². The van der Waals surface area contributed by atoms with Crippen molar-refractivity contribution in [3.05, 3.63) is 52.8 Å². The molecule has 0 bridgehead atoms. The molecular formula is C21H29N3O. The zero-order valence-corrected chi connectivity index (χ0v) is 15.8. The van der Waals surface area contributed by atoms with Crippen molar-refractivity contribution < 1.29 is 4.79 Å². The first-order valence-electron chi connectivity index (χ1n) is 9.36. The summed E-state index contributed by atoms with van der Waals surface area (Å²) in [6.45, 7) is 7.15. The lowest BCUT2D eigenvalue weighted by Gasteiger charge is -2.32. The predicted molar refractivity (Wildman–Crippen MR) is 101 cm³/mol. The van der Waals surface area contributed by atoms with Crippen LogP contribution in [0.15, 0.2) is 30.3 Å². The molecular weight excluding hydrogens is 310 g/mol. The second kappa shape index (κ2) is 7.42. The number of hydrogen-bond donors (Lipinski definition) is 0. The van der Waals surface area contributed by atoms with E-state index >= 15 is 0 Å². The minimum atomic E-state index is 0.246. The van der Waals surface area contributed by atoms with Gasteiger partial charge >= 0.3 is 0 Å². The number of aromatic nitrogens is 2. The largest absolute Gasteiger partial charge is 0.339 e. The summed E-state index contributed by atoms with van der Waals surface area (Å²) < 4.78 is 1.87. The van der Waals surface area contributed by atoms with Gasteiger partial charge < -0.3 is 4.90 Å². The Morgan fingerprint density at radius 2 is 2.00 bits per heavy atom. The van der Waals surface area contributed by atoms with Crippen LogP contribution in [0.25, 0.3) is 0 Å². The van der Waals surface area contributed by atoms with Gasteiger partial charge in [-0.2, -0.15) is 5.10 Å². The van der Waals surface area contributed by atoms with Gasteiger partial charge in [0.25, 0.3) is 0 Å². The van der Waals surface area contributed by atoms with Crippen LogP contribution in [-0.4, -0.2) is 33.2 Å². The van der Waals surface area contributed by atoms with Gasteiger partial charge in [0.15, 0.2) is 0 Å². The molecule has 1 aliphatic heterocycles. The molecule has 0 saturated carbocycles. The van der Waals surface area contributed by atoms with Crippen molar-refractivity contribution in [2.45, 2.75) is 58.4 Å². The van der Waals surface area contributed by atoms with E-state index in [0.29, 0.717) is 18.4 Å². The molecule has 0 aliphatic carbocycles. The van der Waals surface area contributed by atoms with Gasteiger partial charge in [-0.15, -0.1) is 0 Å². The Kier molecular flexibility index (Phi) is 5.26. The fraction of sp³-hybridized carbons (Fsp3) is 0.524. The average molecular weight is 339 g/mol. The first-order valence-corrected chi connectivity index (χ1v) is 9.36. The number of nitrogens with zero attached hydrogens (tertiary/aromatic N) is 3. The highest BCUT2D eigenvalue weighted by molar-refractivity contribution is 5.80. The number of amides is 1. The number of rotatable bonds is 5. The molecule has 0 radical (unpaired) electrons. The molecule has 1 saturated heterocycles. The van der Waals surface area contributed by atoms with Gasteiger partial charge in [0, 0.05) is 36.8 Å². The maximum atomic E-state index is 13.1. The fourth-order valence-electron chi connectivity index (χ4n) is 4.28. The van der Waals surface area contributed by atoms with Crippen LogP contribution in [0, 0.1) is 13.8 Å². The zero-order valence-electron chi connectivity index (χ0n) is 15.8. The van der Waals surface area contributed by atoms with Crippen molar-refractivity contribution in [3.63, 3.8) is 0 Å². The van der Waals surface area contributed by atoms with E-state index in [1.807, 2.05) is 25.6 Å². The lowest BCUT2D eigenvalue weighted by molar-refractivity contribution is -0.131. The van der Waals surface area contributed by atoms with E-state index in [1.54, 1.807) is 0 Å². The highest BCUT2D eigenvalue weighted by Crippen LogP contribution is 2.34. The van der Waals surface area contributed by atoms with E-state index in [2.05, 4.69) is 47.3 Å². The molecule has 134 valence electrons. The smallest absolute Gasteiger partial charge is 0.227 e. The van der Waals surface area contributed by atoms with E-state index in [0.717, 1.165) is 42.8 Å². The quantitative estimate of drug-likeness (QED) is 0.832. The topological polar surface area (TPSA) is 38.1 Å². The van der Waals surface area contributed by atoms with Crippen molar-refractivity contribution in [3.8, 4) is 0 Å². The van der Waals surface area contributed by atoms with Gasteiger partial charge in [-0.3, -0.25) is 9.48 Å². The Bertz CT molecular complexity index is 735. The number of carbonyl (C=O) groups excluding carboxylic acids is 1. The first kappa shape index (κ1) is 17.7. The summed E-state index contributed by atoms with van der Waals surface area (Å²) >= 11 is 0. The molecule has 0 spiro atoms. The maximum Gasteiger partial charge on any atom is 0.227 e. The molecule has 2 atom stereocenters. The molecule has 1 aromatic carbocycles. The summed E-state index contributed by atoms with van der Waals surface area (Å²) in [6, 6.07) is 11.0. The molecule has 1 fully saturated rings. The first-order chi connectivity index (χ1) is 12.0. The van der Waals surface area contributed by atoms with E-state index < -0.39 is 0 Å². The van der Waals surface area contributed by atoms with Crippen LogP contribution < -0.4 is 0 Å². The van der Waals surface area contributed by atoms with Crippen molar-refractivity contribution in [1.29, 1.82) is 0 Å². The minimum Gasteiger partial charge on any atom is -0.339 e. The third-order valence-corrected chi connectivity index (χ3v) is 5.74. The predicted octanol–water partition coefficient (Wildman–Crippen LogP) is 3.76. The van der Waals surface area contributed by atoms with Gasteiger partial charge in [0.05, 0.1) is 12.1 Å². The lowest BCUT2D eigenvalue weighted by Crippen LogP contribution is -2.40. The Morgan fingerprint density at radius 1 is 1.28 bits per heavy atom. The molecule has 2 aromatic rings. The van der Waals surface area contributed by atoms with Gasteiger partial charge in [-0.1, -0.05) is 37.3 Å². The van der Waals surface area contributed by atoms with Gasteiger partial charge in [-0.25, -0.2) is 0 Å². The molecule has 0 N–H and O–H groups in total. The highest BCUT2D eigenvalue weighted by atomic mass is 16.2. The van der Waals surface area contributed by atoms with Gasteiger partial charge in [0.2, 0.25) is 5.91 Å². The molecule has 4 nitrogen and oxygen atoms in total. The number of benzene rings is 1. The van der Waals surface area contributed by atoms with Crippen LogP contribution in [0.2, 0.25) is 0 Å². The maximum absolute atomic E-state index is 13.1. The molecule has 1 amide bonds. The number of carbonyl (C=O) groups is 1. The van der Waals surface area contributed by atoms with Crippen LogP contribution in [-0.2, 0) is 18.3 Å². The summed E-state index contributed by atoms with van der Waals surface area (Å²) in [5, 5.41) is 4.45. The van der Waals surface area contributed by atoms with Crippen molar-refractivity contribution in [2.75, 3.05) is 6.54 Å². The monoisotopic (exact) mass is 339 g/mol. The van der Waals surface area contributed by atoms with E-state index in [1.165, 1.54) is 5.56 Å². The summed E-state index contributed by atoms with van der Waals surface area (Å²) in [5.74, 6) is 0.667. The molecule has 2 heterocycles. The Morgan fingerprint density at radius 3 is 2.60 bits per heavy atom. The number of likely N-dealkylation sites (tertiary alicyclic amines) is 1. The fourth-order valence-corrected chi connectivity index (χ4v) is 4.28. The molecule has 4 heteroatoms. The number of aryl methyl sites for hydroxylation is 2. The molecule has 3 rings (SSSR count). The summed E-state index contributed by atoms with van der Waals surface area (Å²) in [5.41, 5.74) is 4.50.